The number of rotatable bonds is 4. The molecule has 0 spiro atoms. The summed E-state index contributed by atoms with van der Waals surface area (Å²) in [4.78, 5) is 16.5. The highest BCUT2D eigenvalue weighted by molar-refractivity contribution is 6.30. The summed E-state index contributed by atoms with van der Waals surface area (Å²) in [5, 5.41) is 1.30. The van der Waals surface area contributed by atoms with Crippen molar-refractivity contribution in [2.45, 2.75) is 13.5 Å². The van der Waals surface area contributed by atoms with Gasteiger partial charge >= 0.3 is 5.97 Å². The average Bonchev–Trinajstić information content (AvgIpc) is 2.59. The van der Waals surface area contributed by atoms with Gasteiger partial charge in [0.2, 0.25) is 0 Å². The molecule has 2 aromatic carbocycles. The quantitative estimate of drug-likeness (QED) is 0.515. The van der Waals surface area contributed by atoms with Crippen molar-refractivity contribution >= 4 is 28.5 Å². The SMILES string of the molecule is COc1ccc(C(=O)OCc2cc3ccc(C)cc3nc2Cl)cc1. The lowest BCUT2D eigenvalue weighted by Gasteiger charge is -2.08. The van der Waals surface area contributed by atoms with Crippen molar-refractivity contribution in [3.8, 4) is 5.75 Å². The first-order chi connectivity index (χ1) is 11.6. The molecule has 0 radical (unpaired) electrons. The number of nitrogens with zero attached hydrogens (tertiary/aromatic N) is 1. The van der Waals surface area contributed by atoms with E-state index in [1.807, 2.05) is 31.2 Å². The number of fused-ring (bicyclic) bond motifs is 1. The molecule has 0 N–H and O–H groups in total. The number of hydrogen-bond acceptors (Lipinski definition) is 4. The normalized spacial score (nSPS) is 10.6. The first kappa shape index (κ1) is 16.3. The van der Waals surface area contributed by atoms with E-state index in [4.69, 9.17) is 21.1 Å². The second-order valence-electron chi connectivity index (χ2n) is 5.44. The zero-order valence-corrected chi connectivity index (χ0v) is 14.1. The fourth-order valence-electron chi connectivity index (χ4n) is 2.35. The molecule has 122 valence electrons. The maximum atomic E-state index is 12.1. The van der Waals surface area contributed by atoms with Crippen LogP contribution in [0.25, 0.3) is 10.9 Å². The number of aromatic nitrogens is 1. The summed E-state index contributed by atoms with van der Waals surface area (Å²) in [5.41, 5.74) is 3.07. The van der Waals surface area contributed by atoms with E-state index in [-0.39, 0.29) is 6.61 Å². The van der Waals surface area contributed by atoms with Gasteiger partial charge in [-0.05, 0) is 48.9 Å². The molecule has 0 saturated heterocycles. The molecule has 5 heteroatoms. The molecule has 0 aliphatic heterocycles. The summed E-state index contributed by atoms with van der Waals surface area (Å²) in [6, 6.07) is 14.6. The lowest BCUT2D eigenvalue weighted by molar-refractivity contribution is 0.0472. The van der Waals surface area contributed by atoms with E-state index >= 15 is 0 Å². The Morgan fingerprint density at radius 3 is 2.58 bits per heavy atom. The van der Waals surface area contributed by atoms with E-state index in [1.54, 1.807) is 31.4 Å². The zero-order valence-electron chi connectivity index (χ0n) is 13.4. The number of carbonyl (C=O) groups excluding carboxylic acids is 1. The van der Waals surface area contributed by atoms with E-state index in [0.717, 1.165) is 16.5 Å². The predicted octanol–water partition coefficient (Wildman–Crippen LogP) is 4.56. The van der Waals surface area contributed by atoms with E-state index in [0.29, 0.717) is 22.0 Å². The first-order valence-electron chi connectivity index (χ1n) is 7.44. The number of carbonyl (C=O) groups is 1. The van der Waals surface area contributed by atoms with Crippen LogP contribution in [-0.4, -0.2) is 18.1 Å². The Morgan fingerprint density at radius 2 is 1.88 bits per heavy atom. The van der Waals surface area contributed by atoms with Gasteiger partial charge in [-0.3, -0.25) is 0 Å². The molecular formula is C19H16ClNO3. The third kappa shape index (κ3) is 3.49. The van der Waals surface area contributed by atoms with Crippen LogP contribution in [0.15, 0.2) is 48.5 Å². The lowest BCUT2D eigenvalue weighted by atomic mass is 10.1. The molecule has 0 aliphatic carbocycles. The van der Waals surface area contributed by atoms with Crippen LogP contribution in [0, 0.1) is 6.92 Å². The molecule has 0 amide bonds. The van der Waals surface area contributed by atoms with Crippen LogP contribution in [0.4, 0.5) is 0 Å². The van der Waals surface area contributed by atoms with Crippen LogP contribution in [0.2, 0.25) is 5.15 Å². The smallest absolute Gasteiger partial charge is 0.338 e. The lowest BCUT2D eigenvalue weighted by Crippen LogP contribution is -2.06. The predicted molar refractivity (Wildman–Crippen MR) is 93.6 cm³/mol. The van der Waals surface area contributed by atoms with Crippen molar-refractivity contribution in [3.63, 3.8) is 0 Å². The Labute approximate surface area is 145 Å². The average molecular weight is 342 g/mol. The molecule has 1 heterocycles. The molecular weight excluding hydrogens is 326 g/mol. The van der Waals surface area contributed by atoms with E-state index < -0.39 is 5.97 Å². The number of methoxy groups -OCH3 is 1. The summed E-state index contributed by atoms with van der Waals surface area (Å²) in [6.45, 7) is 2.07. The fraction of sp³-hybridized carbons (Fsp3) is 0.158. The molecule has 0 fully saturated rings. The van der Waals surface area contributed by atoms with Crippen molar-refractivity contribution in [2.75, 3.05) is 7.11 Å². The van der Waals surface area contributed by atoms with E-state index in [1.165, 1.54) is 0 Å². The summed E-state index contributed by atoms with van der Waals surface area (Å²) in [6.07, 6.45) is 0. The third-order valence-electron chi connectivity index (χ3n) is 3.68. The molecule has 0 unspecified atom stereocenters. The summed E-state index contributed by atoms with van der Waals surface area (Å²) >= 11 is 6.21. The van der Waals surface area contributed by atoms with Crippen LogP contribution in [0.1, 0.15) is 21.5 Å². The van der Waals surface area contributed by atoms with Crippen LogP contribution in [-0.2, 0) is 11.3 Å². The Kier molecular flexibility index (Phi) is 4.67. The van der Waals surface area contributed by atoms with Gasteiger partial charge < -0.3 is 9.47 Å². The Balaban J connectivity index is 1.75. The van der Waals surface area contributed by atoms with Crippen LogP contribution in [0.3, 0.4) is 0 Å². The van der Waals surface area contributed by atoms with E-state index in [2.05, 4.69) is 4.98 Å². The highest BCUT2D eigenvalue weighted by Crippen LogP contribution is 2.22. The number of benzene rings is 2. The molecule has 0 saturated carbocycles. The van der Waals surface area contributed by atoms with Crippen molar-refractivity contribution in [1.29, 1.82) is 0 Å². The number of pyridine rings is 1. The minimum absolute atomic E-state index is 0.0700. The second-order valence-corrected chi connectivity index (χ2v) is 5.80. The maximum absolute atomic E-state index is 12.1. The van der Waals surface area contributed by atoms with Crippen LogP contribution < -0.4 is 4.74 Å². The molecule has 3 aromatic rings. The maximum Gasteiger partial charge on any atom is 0.338 e. The largest absolute Gasteiger partial charge is 0.497 e. The molecule has 24 heavy (non-hydrogen) atoms. The number of hydrogen-bond donors (Lipinski definition) is 0. The van der Waals surface area contributed by atoms with Gasteiger partial charge in [0, 0.05) is 10.9 Å². The van der Waals surface area contributed by atoms with Gasteiger partial charge in [0.1, 0.15) is 17.5 Å². The monoisotopic (exact) mass is 341 g/mol. The number of aryl methyl sites for hydroxylation is 1. The molecule has 0 bridgehead atoms. The van der Waals surface area contributed by atoms with Gasteiger partial charge in [-0.1, -0.05) is 23.7 Å². The first-order valence-corrected chi connectivity index (χ1v) is 7.81. The minimum atomic E-state index is -0.419. The molecule has 4 nitrogen and oxygen atoms in total. The zero-order chi connectivity index (χ0) is 17.1. The Bertz CT molecular complexity index is 891. The van der Waals surface area contributed by atoms with Crippen molar-refractivity contribution < 1.29 is 14.3 Å². The van der Waals surface area contributed by atoms with Gasteiger partial charge in [0.05, 0.1) is 18.2 Å². The summed E-state index contributed by atoms with van der Waals surface area (Å²) < 4.78 is 10.4. The number of ether oxygens (including phenoxy) is 2. The molecule has 3 rings (SSSR count). The molecule has 0 atom stereocenters. The van der Waals surface area contributed by atoms with Gasteiger partial charge in [-0.15, -0.1) is 0 Å². The highest BCUT2D eigenvalue weighted by atomic mass is 35.5. The van der Waals surface area contributed by atoms with Gasteiger partial charge in [0.15, 0.2) is 0 Å². The Morgan fingerprint density at radius 1 is 1.12 bits per heavy atom. The van der Waals surface area contributed by atoms with Gasteiger partial charge in [-0.2, -0.15) is 0 Å². The molecule has 0 aliphatic rings. The van der Waals surface area contributed by atoms with Crippen LogP contribution in [0.5, 0.6) is 5.75 Å². The van der Waals surface area contributed by atoms with Crippen molar-refractivity contribution in [3.05, 3.63) is 70.4 Å². The van der Waals surface area contributed by atoms with Gasteiger partial charge in [-0.25, -0.2) is 9.78 Å². The fourth-order valence-corrected chi connectivity index (χ4v) is 2.55. The van der Waals surface area contributed by atoms with E-state index in [9.17, 15) is 4.79 Å². The topological polar surface area (TPSA) is 48.4 Å². The summed E-state index contributed by atoms with van der Waals surface area (Å²) in [7, 11) is 1.57. The third-order valence-corrected chi connectivity index (χ3v) is 4.01. The minimum Gasteiger partial charge on any atom is -0.497 e. The number of halogens is 1. The number of esters is 1. The van der Waals surface area contributed by atoms with Crippen molar-refractivity contribution in [1.82, 2.24) is 4.98 Å². The van der Waals surface area contributed by atoms with Crippen LogP contribution >= 0.6 is 11.6 Å². The van der Waals surface area contributed by atoms with Crippen molar-refractivity contribution in [2.24, 2.45) is 0 Å². The standard InChI is InChI=1S/C19H16ClNO3/c1-12-3-4-14-10-15(18(20)21-17(14)9-12)11-24-19(22)13-5-7-16(23-2)8-6-13/h3-10H,11H2,1-2H3. The second kappa shape index (κ2) is 6.89. The van der Waals surface area contributed by atoms with Gasteiger partial charge in [0.25, 0.3) is 0 Å². The Hall–Kier alpha value is -2.59. The summed E-state index contributed by atoms with van der Waals surface area (Å²) in [5.74, 6) is 0.265. The highest BCUT2D eigenvalue weighted by Gasteiger charge is 2.11. The molecule has 1 aromatic heterocycles.